The number of amides is 1. The molecule has 3 aromatic rings. The number of nitrogens with zero attached hydrogens (tertiary/aromatic N) is 1. The molecule has 0 aliphatic carbocycles. The Morgan fingerprint density at radius 3 is 2.46 bits per heavy atom. The van der Waals surface area contributed by atoms with Gasteiger partial charge in [-0.1, -0.05) is 24.3 Å². The molecule has 1 amide bonds. The molecule has 3 rings (SSSR count). The minimum absolute atomic E-state index is 0.0185. The number of hydrogen-bond donors (Lipinski definition) is 1. The number of thioether (sulfide) groups is 1. The van der Waals surface area contributed by atoms with E-state index < -0.39 is 17.6 Å². The molecule has 0 radical (unpaired) electrons. The number of pyridine rings is 1. The first kappa shape index (κ1) is 19.8. The molecule has 1 heterocycles. The zero-order valence-corrected chi connectivity index (χ0v) is 15.5. The molecule has 0 saturated heterocycles. The van der Waals surface area contributed by atoms with Crippen molar-refractivity contribution in [2.75, 3.05) is 11.6 Å². The zero-order valence-electron chi connectivity index (χ0n) is 14.7. The number of anilines is 1. The molecular formula is C20H15F3N2O2S. The first-order valence-corrected chi connectivity index (χ1v) is 9.35. The second-order valence-electron chi connectivity index (χ2n) is 5.68. The Hall–Kier alpha value is -3.00. The lowest BCUT2D eigenvalue weighted by Crippen LogP contribution is -2.14. The summed E-state index contributed by atoms with van der Waals surface area (Å²) in [6.45, 7) is 0. The summed E-state index contributed by atoms with van der Waals surface area (Å²) in [7, 11) is 0. The fourth-order valence-electron chi connectivity index (χ4n) is 2.34. The van der Waals surface area contributed by atoms with Crippen molar-refractivity contribution < 1.29 is 22.7 Å². The Bertz CT molecular complexity index is 979. The van der Waals surface area contributed by atoms with Crippen LogP contribution in [0.3, 0.4) is 0 Å². The molecule has 1 N–H and O–H groups in total. The lowest BCUT2D eigenvalue weighted by Gasteiger charge is -2.11. The third-order valence-electron chi connectivity index (χ3n) is 3.66. The maximum Gasteiger partial charge on any atom is 0.416 e. The fourth-order valence-corrected chi connectivity index (χ4v) is 2.79. The van der Waals surface area contributed by atoms with Crippen LogP contribution in [0.5, 0.6) is 11.6 Å². The Kier molecular flexibility index (Phi) is 5.89. The van der Waals surface area contributed by atoms with Crippen LogP contribution in [0.15, 0.2) is 71.6 Å². The lowest BCUT2D eigenvalue weighted by molar-refractivity contribution is -0.137. The predicted molar refractivity (Wildman–Crippen MR) is 102 cm³/mol. The van der Waals surface area contributed by atoms with Crippen molar-refractivity contribution in [1.82, 2.24) is 4.98 Å². The summed E-state index contributed by atoms with van der Waals surface area (Å²) < 4.78 is 44.1. The van der Waals surface area contributed by atoms with Gasteiger partial charge in [0.1, 0.15) is 11.4 Å². The normalized spacial score (nSPS) is 11.1. The van der Waals surface area contributed by atoms with Gasteiger partial charge in [0.15, 0.2) is 0 Å². The highest BCUT2D eigenvalue weighted by molar-refractivity contribution is 7.98. The van der Waals surface area contributed by atoms with E-state index in [4.69, 9.17) is 4.74 Å². The third kappa shape index (κ3) is 5.04. The minimum Gasteiger partial charge on any atom is -0.439 e. The number of aromatic nitrogens is 1. The van der Waals surface area contributed by atoms with E-state index in [9.17, 15) is 18.0 Å². The van der Waals surface area contributed by atoms with Crippen LogP contribution in [0.25, 0.3) is 0 Å². The van der Waals surface area contributed by atoms with Gasteiger partial charge in [-0.2, -0.15) is 13.2 Å². The van der Waals surface area contributed by atoms with E-state index in [1.165, 1.54) is 23.9 Å². The summed E-state index contributed by atoms with van der Waals surface area (Å²) in [6, 6.07) is 16.5. The van der Waals surface area contributed by atoms with Crippen LogP contribution >= 0.6 is 11.8 Å². The van der Waals surface area contributed by atoms with Crippen molar-refractivity contribution in [2.45, 2.75) is 11.1 Å². The first-order valence-electron chi connectivity index (χ1n) is 8.13. The largest absolute Gasteiger partial charge is 0.439 e. The van der Waals surface area contributed by atoms with Gasteiger partial charge in [0.05, 0.1) is 5.56 Å². The fraction of sp³-hybridized carbons (Fsp3) is 0.100. The molecule has 0 saturated carbocycles. The topological polar surface area (TPSA) is 51.2 Å². The Morgan fingerprint density at radius 1 is 1.04 bits per heavy atom. The summed E-state index contributed by atoms with van der Waals surface area (Å²) >= 11 is 1.36. The van der Waals surface area contributed by atoms with E-state index >= 15 is 0 Å². The van der Waals surface area contributed by atoms with Gasteiger partial charge >= 0.3 is 6.18 Å². The molecular weight excluding hydrogens is 389 g/mol. The molecule has 0 fully saturated rings. The monoisotopic (exact) mass is 404 g/mol. The van der Waals surface area contributed by atoms with E-state index in [1.807, 2.05) is 12.3 Å². The van der Waals surface area contributed by atoms with Crippen LogP contribution in [0, 0.1) is 0 Å². The summed E-state index contributed by atoms with van der Waals surface area (Å²) in [5.74, 6) is -0.435. The van der Waals surface area contributed by atoms with Gasteiger partial charge in [0.25, 0.3) is 5.91 Å². The summed E-state index contributed by atoms with van der Waals surface area (Å²) in [5, 5.41) is 2.71. The Balaban J connectivity index is 1.86. The quantitative estimate of drug-likeness (QED) is 0.541. The molecule has 0 atom stereocenters. The van der Waals surface area contributed by atoms with Crippen molar-refractivity contribution >= 4 is 23.4 Å². The highest BCUT2D eigenvalue weighted by Crippen LogP contribution is 2.33. The molecule has 4 nitrogen and oxygen atoms in total. The molecule has 8 heteroatoms. The number of carbonyl (C=O) groups is 1. The van der Waals surface area contributed by atoms with Crippen molar-refractivity contribution in [3.05, 3.63) is 78.0 Å². The average molecular weight is 404 g/mol. The molecule has 0 aliphatic rings. The molecule has 144 valence electrons. The van der Waals surface area contributed by atoms with Crippen LogP contribution in [0.4, 0.5) is 18.9 Å². The van der Waals surface area contributed by atoms with Gasteiger partial charge < -0.3 is 10.1 Å². The van der Waals surface area contributed by atoms with Crippen LogP contribution < -0.4 is 10.1 Å². The standard InChI is InChI=1S/C20H15F3N2O2S/c1-28-16-11-17(19(26)24-14-7-3-2-4-8-14)25-18(12-16)27-15-9-5-6-13(10-15)20(21,22)23/h2-12H,1H3,(H,24,26). The number of hydrogen-bond acceptors (Lipinski definition) is 4. The van der Waals surface area contributed by atoms with E-state index in [0.29, 0.717) is 10.6 Å². The van der Waals surface area contributed by atoms with Gasteiger partial charge in [-0.15, -0.1) is 11.8 Å². The van der Waals surface area contributed by atoms with Gasteiger partial charge in [0.2, 0.25) is 5.88 Å². The summed E-state index contributed by atoms with van der Waals surface area (Å²) in [6.07, 6.45) is -2.67. The van der Waals surface area contributed by atoms with Gasteiger partial charge in [0, 0.05) is 16.6 Å². The lowest BCUT2D eigenvalue weighted by atomic mass is 10.2. The van der Waals surface area contributed by atoms with E-state index in [1.54, 1.807) is 36.4 Å². The van der Waals surface area contributed by atoms with E-state index in [0.717, 1.165) is 12.1 Å². The van der Waals surface area contributed by atoms with Crippen LogP contribution in [-0.2, 0) is 6.18 Å². The zero-order chi connectivity index (χ0) is 20.1. The Labute approximate surface area is 163 Å². The molecule has 1 aromatic heterocycles. The summed E-state index contributed by atoms with van der Waals surface area (Å²) in [4.78, 5) is 17.3. The first-order chi connectivity index (χ1) is 13.3. The van der Waals surface area contributed by atoms with Gasteiger partial charge in [-0.3, -0.25) is 4.79 Å². The number of halogens is 3. The minimum atomic E-state index is -4.48. The van der Waals surface area contributed by atoms with Crippen LogP contribution in [0.1, 0.15) is 16.1 Å². The van der Waals surface area contributed by atoms with Crippen molar-refractivity contribution in [1.29, 1.82) is 0 Å². The van der Waals surface area contributed by atoms with Gasteiger partial charge in [-0.05, 0) is 42.7 Å². The summed E-state index contributed by atoms with van der Waals surface area (Å²) in [5.41, 5.74) is -0.130. The number of carbonyl (C=O) groups excluding carboxylic acids is 1. The second-order valence-corrected chi connectivity index (χ2v) is 6.56. The second kappa shape index (κ2) is 8.35. The Morgan fingerprint density at radius 2 is 1.79 bits per heavy atom. The smallest absolute Gasteiger partial charge is 0.416 e. The molecule has 28 heavy (non-hydrogen) atoms. The predicted octanol–water partition coefficient (Wildman–Crippen LogP) is 5.87. The van der Waals surface area contributed by atoms with E-state index in [2.05, 4.69) is 10.3 Å². The van der Waals surface area contributed by atoms with Gasteiger partial charge in [-0.25, -0.2) is 4.98 Å². The van der Waals surface area contributed by atoms with Crippen LogP contribution in [-0.4, -0.2) is 17.1 Å². The molecule has 0 unspecified atom stereocenters. The number of nitrogens with one attached hydrogen (secondary N) is 1. The SMILES string of the molecule is CSc1cc(Oc2cccc(C(F)(F)F)c2)nc(C(=O)Nc2ccccc2)c1. The highest BCUT2D eigenvalue weighted by Gasteiger charge is 2.30. The molecule has 0 spiro atoms. The molecule has 0 aliphatic heterocycles. The van der Waals surface area contributed by atoms with Crippen LogP contribution in [0.2, 0.25) is 0 Å². The van der Waals surface area contributed by atoms with Crippen molar-refractivity contribution in [2.24, 2.45) is 0 Å². The molecule has 2 aromatic carbocycles. The maximum atomic E-state index is 12.9. The highest BCUT2D eigenvalue weighted by atomic mass is 32.2. The maximum absolute atomic E-state index is 12.9. The van der Waals surface area contributed by atoms with Crippen molar-refractivity contribution in [3.8, 4) is 11.6 Å². The molecule has 0 bridgehead atoms. The number of rotatable bonds is 5. The number of ether oxygens (including phenoxy) is 1. The number of alkyl halides is 3. The number of benzene rings is 2. The third-order valence-corrected chi connectivity index (χ3v) is 4.37. The van der Waals surface area contributed by atoms with E-state index in [-0.39, 0.29) is 17.3 Å². The van der Waals surface area contributed by atoms with Crippen molar-refractivity contribution in [3.63, 3.8) is 0 Å². The number of para-hydroxylation sites is 1. The average Bonchev–Trinajstić information content (AvgIpc) is 2.68.